The molecular formula is C10H19NO2. The summed E-state index contributed by atoms with van der Waals surface area (Å²) >= 11 is 0. The fourth-order valence-corrected chi connectivity index (χ4v) is 1.74. The average Bonchev–Trinajstić information content (AvgIpc) is 2.16. The largest absolute Gasteiger partial charge is 0.384 e. The topological polar surface area (TPSA) is 38.3 Å². The molecule has 0 heterocycles. The SMILES string of the molecule is COCCC(=O)NC1CCCCC1. The highest BCUT2D eigenvalue weighted by molar-refractivity contribution is 5.76. The predicted molar refractivity (Wildman–Crippen MR) is 51.5 cm³/mol. The normalized spacial score (nSPS) is 18.5. The minimum absolute atomic E-state index is 0.133. The molecular weight excluding hydrogens is 166 g/mol. The van der Waals surface area contributed by atoms with E-state index in [-0.39, 0.29) is 5.91 Å². The highest BCUT2D eigenvalue weighted by atomic mass is 16.5. The van der Waals surface area contributed by atoms with Crippen molar-refractivity contribution in [1.82, 2.24) is 5.32 Å². The first-order valence-corrected chi connectivity index (χ1v) is 5.11. The highest BCUT2D eigenvalue weighted by Gasteiger charge is 2.14. The lowest BCUT2D eigenvalue weighted by atomic mass is 9.95. The van der Waals surface area contributed by atoms with Crippen LogP contribution in [0.2, 0.25) is 0 Å². The van der Waals surface area contributed by atoms with Crippen LogP contribution < -0.4 is 5.32 Å². The van der Waals surface area contributed by atoms with Crippen LogP contribution in [-0.2, 0) is 9.53 Å². The van der Waals surface area contributed by atoms with Crippen molar-refractivity contribution >= 4 is 5.91 Å². The number of methoxy groups -OCH3 is 1. The number of rotatable bonds is 4. The Morgan fingerprint density at radius 3 is 2.69 bits per heavy atom. The summed E-state index contributed by atoms with van der Waals surface area (Å²) in [6, 6.07) is 0.429. The van der Waals surface area contributed by atoms with E-state index in [0.717, 1.165) is 12.8 Å². The fraction of sp³-hybridized carbons (Fsp3) is 0.900. The van der Waals surface area contributed by atoms with Gasteiger partial charge in [0.15, 0.2) is 0 Å². The summed E-state index contributed by atoms with van der Waals surface area (Å²) in [4.78, 5) is 11.3. The zero-order valence-corrected chi connectivity index (χ0v) is 8.34. The third kappa shape index (κ3) is 4.27. The van der Waals surface area contributed by atoms with E-state index >= 15 is 0 Å². The Kier molecular flexibility index (Phi) is 4.83. The van der Waals surface area contributed by atoms with Crippen LogP contribution in [0.15, 0.2) is 0 Å². The van der Waals surface area contributed by atoms with E-state index in [1.54, 1.807) is 7.11 Å². The van der Waals surface area contributed by atoms with E-state index in [1.165, 1.54) is 19.3 Å². The molecule has 1 N–H and O–H groups in total. The number of hydrogen-bond donors (Lipinski definition) is 1. The van der Waals surface area contributed by atoms with Gasteiger partial charge in [0, 0.05) is 19.6 Å². The van der Waals surface area contributed by atoms with Crippen LogP contribution in [0.1, 0.15) is 38.5 Å². The summed E-state index contributed by atoms with van der Waals surface area (Å²) in [6.07, 6.45) is 6.64. The molecule has 0 bridgehead atoms. The molecule has 76 valence electrons. The van der Waals surface area contributed by atoms with Crippen LogP contribution in [0.25, 0.3) is 0 Å². The van der Waals surface area contributed by atoms with Crippen molar-refractivity contribution in [2.24, 2.45) is 0 Å². The van der Waals surface area contributed by atoms with Crippen LogP contribution >= 0.6 is 0 Å². The van der Waals surface area contributed by atoms with Crippen molar-refractivity contribution < 1.29 is 9.53 Å². The van der Waals surface area contributed by atoms with Gasteiger partial charge in [-0.05, 0) is 12.8 Å². The van der Waals surface area contributed by atoms with E-state index in [4.69, 9.17) is 4.74 Å². The van der Waals surface area contributed by atoms with Gasteiger partial charge in [0.25, 0.3) is 0 Å². The first-order valence-electron chi connectivity index (χ1n) is 5.11. The third-order valence-electron chi connectivity index (χ3n) is 2.50. The van der Waals surface area contributed by atoms with Gasteiger partial charge in [-0.25, -0.2) is 0 Å². The third-order valence-corrected chi connectivity index (χ3v) is 2.50. The van der Waals surface area contributed by atoms with E-state index in [2.05, 4.69) is 5.32 Å². The summed E-state index contributed by atoms with van der Waals surface area (Å²) in [6.45, 7) is 0.526. The number of ether oxygens (including phenoxy) is 1. The second-order valence-electron chi connectivity index (χ2n) is 3.65. The van der Waals surface area contributed by atoms with Gasteiger partial charge in [-0.2, -0.15) is 0 Å². The molecule has 0 aromatic rings. The zero-order chi connectivity index (χ0) is 9.52. The molecule has 0 unspecified atom stereocenters. The van der Waals surface area contributed by atoms with Gasteiger partial charge in [-0.3, -0.25) is 4.79 Å². The average molecular weight is 185 g/mol. The molecule has 0 aromatic heterocycles. The minimum Gasteiger partial charge on any atom is -0.384 e. The molecule has 0 aromatic carbocycles. The van der Waals surface area contributed by atoms with Crippen molar-refractivity contribution in [1.29, 1.82) is 0 Å². The Morgan fingerprint density at radius 2 is 2.08 bits per heavy atom. The van der Waals surface area contributed by atoms with Gasteiger partial charge in [-0.15, -0.1) is 0 Å². The summed E-state index contributed by atoms with van der Waals surface area (Å²) in [7, 11) is 1.62. The molecule has 1 aliphatic rings. The maximum atomic E-state index is 11.3. The second-order valence-corrected chi connectivity index (χ2v) is 3.65. The number of nitrogens with one attached hydrogen (secondary N) is 1. The quantitative estimate of drug-likeness (QED) is 0.720. The first-order chi connectivity index (χ1) is 6.33. The van der Waals surface area contributed by atoms with Gasteiger partial charge in [0.2, 0.25) is 5.91 Å². The summed E-state index contributed by atoms with van der Waals surface area (Å²) < 4.78 is 4.84. The van der Waals surface area contributed by atoms with Gasteiger partial charge < -0.3 is 10.1 Å². The number of amides is 1. The summed E-state index contributed by atoms with van der Waals surface area (Å²) in [5, 5.41) is 3.03. The van der Waals surface area contributed by atoms with Gasteiger partial charge >= 0.3 is 0 Å². The van der Waals surface area contributed by atoms with E-state index in [9.17, 15) is 4.79 Å². The van der Waals surface area contributed by atoms with Gasteiger partial charge in [0.05, 0.1) is 6.61 Å². The molecule has 0 aliphatic heterocycles. The second kappa shape index (κ2) is 5.97. The fourth-order valence-electron chi connectivity index (χ4n) is 1.74. The molecule has 0 radical (unpaired) electrons. The zero-order valence-electron chi connectivity index (χ0n) is 8.34. The standard InChI is InChI=1S/C10H19NO2/c1-13-8-7-10(12)11-9-5-3-2-4-6-9/h9H,2-8H2,1H3,(H,11,12). The molecule has 0 atom stereocenters. The van der Waals surface area contributed by atoms with E-state index < -0.39 is 0 Å². The predicted octanol–water partition coefficient (Wildman–Crippen LogP) is 1.47. The molecule has 0 spiro atoms. The van der Waals surface area contributed by atoms with Gasteiger partial charge in [0.1, 0.15) is 0 Å². The van der Waals surface area contributed by atoms with E-state index in [0.29, 0.717) is 19.1 Å². The maximum Gasteiger partial charge on any atom is 0.222 e. The lowest BCUT2D eigenvalue weighted by Crippen LogP contribution is -2.36. The molecule has 1 rings (SSSR count). The van der Waals surface area contributed by atoms with Crippen molar-refractivity contribution in [2.45, 2.75) is 44.6 Å². The van der Waals surface area contributed by atoms with Crippen LogP contribution in [0.4, 0.5) is 0 Å². The van der Waals surface area contributed by atoms with E-state index in [1.807, 2.05) is 0 Å². The van der Waals surface area contributed by atoms with Crippen molar-refractivity contribution in [3.8, 4) is 0 Å². The molecule has 1 amide bonds. The van der Waals surface area contributed by atoms with Crippen LogP contribution in [0, 0.1) is 0 Å². The number of carbonyl (C=O) groups excluding carboxylic acids is 1. The maximum absolute atomic E-state index is 11.3. The Morgan fingerprint density at radius 1 is 1.38 bits per heavy atom. The molecule has 13 heavy (non-hydrogen) atoms. The van der Waals surface area contributed by atoms with Crippen LogP contribution in [0.3, 0.4) is 0 Å². The smallest absolute Gasteiger partial charge is 0.222 e. The Bertz CT molecular complexity index is 153. The molecule has 1 fully saturated rings. The lowest BCUT2D eigenvalue weighted by molar-refractivity contribution is -0.122. The molecule has 1 aliphatic carbocycles. The Balaban J connectivity index is 2.11. The van der Waals surface area contributed by atoms with Gasteiger partial charge in [-0.1, -0.05) is 19.3 Å². The molecule has 3 heteroatoms. The molecule has 3 nitrogen and oxygen atoms in total. The Hall–Kier alpha value is -0.570. The van der Waals surface area contributed by atoms with Crippen LogP contribution in [0.5, 0.6) is 0 Å². The highest BCUT2D eigenvalue weighted by Crippen LogP contribution is 2.17. The molecule has 0 saturated heterocycles. The van der Waals surface area contributed by atoms with Crippen LogP contribution in [-0.4, -0.2) is 25.7 Å². The monoisotopic (exact) mass is 185 g/mol. The van der Waals surface area contributed by atoms with Crippen molar-refractivity contribution in [2.75, 3.05) is 13.7 Å². The van der Waals surface area contributed by atoms with Crippen molar-refractivity contribution in [3.05, 3.63) is 0 Å². The summed E-state index contributed by atoms with van der Waals surface area (Å²) in [5.41, 5.74) is 0. The molecule has 1 saturated carbocycles. The Labute approximate surface area is 79.8 Å². The number of carbonyl (C=O) groups is 1. The lowest BCUT2D eigenvalue weighted by Gasteiger charge is -2.22. The first kappa shape index (κ1) is 10.5. The minimum atomic E-state index is 0.133. The number of hydrogen-bond acceptors (Lipinski definition) is 2. The summed E-state index contributed by atoms with van der Waals surface area (Å²) in [5.74, 6) is 0.133. The van der Waals surface area contributed by atoms with Crippen molar-refractivity contribution in [3.63, 3.8) is 0 Å².